The van der Waals surface area contributed by atoms with E-state index in [2.05, 4.69) is 55.3 Å². The van der Waals surface area contributed by atoms with Crippen LogP contribution in [0.3, 0.4) is 0 Å². The number of carbonyl (C=O) groups is 1. The molecule has 26 heavy (non-hydrogen) atoms. The molecule has 1 aromatic heterocycles. The summed E-state index contributed by atoms with van der Waals surface area (Å²) in [6.45, 7) is 6.30. The van der Waals surface area contributed by atoms with Gasteiger partial charge in [-0.25, -0.2) is 4.98 Å². The molecule has 0 saturated carbocycles. The van der Waals surface area contributed by atoms with Crippen molar-refractivity contribution in [1.29, 1.82) is 0 Å². The molecule has 3 aromatic rings. The number of carbonyl (C=O) groups excluding carboxylic acids is 1. The van der Waals surface area contributed by atoms with E-state index in [-0.39, 0.29) is 11.9 Å². The predicted octanol–water partition coefficient (Wildman–Crippen LogP) is 5.02. The first-order valence-corrected chi connectivity index (χ1v) is 9.76. The van der Waals surface area contributed by atoms with E-state index >= 15 is 0 Å². The summed E-state index contributed by atoms with van der Waals surface area (Å²) in [5, 5.41) is 6.24. The van der Waals surface area contributed by atoms with Crippen LogP contribution < -0.4 is 5.32 Å². The highest BCUT2D eigenvalue weighted by Gasteiger charge is 2.18. The second kappa shape index (κ2) is 8.28. The van der Waals surface area contributed by atoms with Gasteiger partial charge in [0, 0.05) is 11.3 Å². The molecule has 1 N–H and O–H groups in total. The lowest BCUT2D eigenvalue weighted by Crippen LogP contribution is -2.30. The van der Waals surface area contributed by atoms with Crippen LogP contribution in [0.4, 0.5) is 0 Å². The maximum Gasteiger partial charge on any atom is 0.226 e. The molecule has 0 spiro atoms. The third-order valence-electron chi connectivity index (χ3n) is 4.25. The van der Waals surface area contributed by atoms with Crippen LogP contribution in [0, 0.1) is 6.92 Å². The number of hydrogen-bond donors (Lipinski definition) is 1. The number of nitrogens with zero attached hydrogens (tertiary/aromatic N) is 1. The third kappa shape index (κ3) is 4.58. The van der Waals surface area contributed by atoms with Gasteiger partial charge >= 0.3 is 0 Å². The molecule has 0 aliphatic carbocycles. The summed E-state index contributed by atoms with van der Waals surface area (Å²) in [6, 6.07) is 18.2. The van der Waals surface area contributed by atoms with E-state index in [0.29, 0.717) is 12.3 Å². The number of hydrogen-bond acceptors (Lipinski definition) is 3. The van der Waals surface area contributed by atoms with Crippen LogP contribution in [0.25, 0.3) is 0 Å². The summed E-state index contributed by atoms with van der Waals surface area (Å²) < 4.78 is 0. The maximum atomic E-state index is 12.7. The molecule has 3 rings (SSSR count). The molecule has 0 radical (unpaired) electrons. The van der Waals surface area contributed by atoms with E-state index in [1.54, 1.807) is 11.3 Å². The van der Waals surface area contributed by atoms with Crippen molar-refractivity contribution in [3.8, 4) is 0 Å². The lowest BCUT2D eigenvalue weighted by molar-refractivity contribution is -0.121. The molecule has 0 saturated heterocycles. The SMILES string of the molecule is Cc1ccc(C(NC(=O)Cc2csc(C(C)C)n2)c2ccccc2)cc1. The van der Waals surface area contributed by atoms with Crippen LogP contribution in [-0.2, 0) is 11.2 Å². The Kier molecular flexibility index (Phi) is 5.84. The second-order valence-electron chi connectivity index (χ2n) is 6.83. The number of benzene rings is 2. The first kappa shape index (κ1) is 18.3. The van der Waals surface area contributed by atoms with Gasteiger partial charge in [0.15, 0.2) is 0 Å². The monoisotopic (exact) mass is 364 g/mol. The Labute approximate surface area is 159 Å². The van der Waals surface area contributed by atoms with Gasteiger partial charge in [-0.15, -0.1) is 11.3 Å². The van der Waals surface area contributed by atoms with Crippen LogP contribution in [0.1, 0.15) is 53.2 Å². The summed E-state index contributed by atoms with van der Waals surface area (Å²) in [4.78, 5) is 17.2. The Balaban J connectivity index is 1.78. The van der Waals surface area contributed by atoms with Gasteiger partial charge in [0.25, 0.3) is 0 Å². The lowest BCUT2D eigenvalue weighted by atomic mass is 9.97. The van der Waals surface area contributed by atoms with E-state index < -0.39 is 0 Å². The van der Waals surface area contributed by atoms with Gasteiger partial charge in [0.05, 0.1) is 23.2 Å². The Morgan fingerprint density at radius 1 is 1.04 bits per heavy atom. The van der Waals surface area contributed by atoms with Gasteiger partial charge in [0.2, 0.25) is 5.91 Å². The molecule has 0 aliphatic rings. The normalized spacial score (nSPS) is 12.2. The van der Waals surface area contributed by atoms with E-state index in [1.165, 1.54) is 5.56 Å². The number of aromatic nitrogens is 1. The molecule has 1 atom stereocenters. The van der Waals surface area contributed by atoms with E-state index in [4.69, 9.17) is 0 Å². The first-order valence-electron chi connectivity index (χ1n) is 8.88. The highest BCUT2D eigenvalue weighted by Crippen LogP contribution is 2.23. The van der Waals surface area contributed by atoms with Crippen LogP contribution in [0.5, 0.6) is 0 Å². The molecule has 1 unspecified atom stereocenters. The van der Waals surface area contributed by atoms with Crippen LogP contribution >= 0.6 is 11.3 Å². The van der Waals surface area contributed by atoms with Crippen molar-refractivity contribution in [1.82, 2.24) is 10.3 Å². The Bertz CT molecular complexity index is 853. The summed E-state index contributed by atoms with van der Waals surface area (Å²) in [7, 11) is 0. The van der Waals surface area contributed by atoms with Crippen molar-refractivity contribution in [3.05, 3.63) is 87.4 Å². The smallest absolute Gasteiger partial charge is 0.226 e. The minimum atomic E-state index is -0.160. The zero-order valence-corrected chi connectivity index (χ0v) is 16.2. The third-order valence-corrected chi connectivity index (χ3v) is 5.45. The number of rotatable bonds is 6. The summed E-state index contributed by atoms with van der Waals surface area (Å²) in [6.07, 6.45) is 0.304. The average Bonchev–Trinajstić information content (AvgIpc) is 3.10. The molecular formula is C22H24N2OS. The lowest BCUT2D eigenvalue weighted by Gasteiger charge is -2.20. The number of aryl methyl sites for hydroxylation is 1. The van der Waals surface area contributed by atoms with E-state index in [0.717, 1.165) is 21.8 Å². The molecular weight excluding hydrogens is 340 g/mol. The standard InChI is InChI=1S/C22H24N2OS/c1-15(2)22-23-19(14-26-22)13-20(25)24-21(17-7-5-4-6-8-17)18-11-9-16(3)10-12-18/h4-12,14-15,21H,13H2,1-3H3,(H,24,25). The van der Waals surface area contributed by atoms with Gasteiger partial charge in [0.1, 0.15) is 0 Å². The average molecular weight is 365 g/mol. The number of nitrogens with one attached hydrogen (secondary N) is 1. The summed E-state index contributed by atoms with van der Waals surface area (Å²) in [5.74, 6) is 0.376. The Morgan fingerprint density at radius 3 is 2.31 bits per heavy atom. The fourth-order valence-electron chi connectivity index (χ4n) is 2.81. The fourth-order valence-corrected chi connectivity index (χ4v) is 3.64. The predicted molar refractivity (Wildman–Crippen MR) is 108 cm³/mol. The summed E-state index contributed by atoms with van der Waals surface area (Å²) >= 11 is 1.62. The van der Waals surface area contributed by atoms with Gasteiger partial charge in [-0.2, -0.15) is 0 Å². The molecule has 0 aliphatic heterocycles. The van der Waals surface area contributed by atoms with E-state index in [9.17, 15) is 4.79 Å². The van der Waals surface area contributed by atoms with Gasteiger partial charge in [-0.3, -0.25) is 4.79 Å². The first-order chi connectivity index (χ1) is 12.5. The molecule has 0 bridgehead atoms. The van der Waals surface area contributed by atoms with E-state index in [1.807, 2.05) is 35.7 Å². The van der Waals surface area contributed by atoms with Gasteiger partial charge < -0.3 is 5.32 Å². The largest absolute Gasteiger partial charge is 0.345 e. The van der Waals surface area contributed by atoms with Crippen LogP contribution in [0.15, 0.2) is 60.0 Å². The van der Waals surface area contributed by atoms with Crippen molar-refractivity contribution >= 4 is 17.2 Å². The Hall–Kier alpha value is -2.46. The molecule has 2 aromatic carbocycles. The van der Waals surface area contributed by atoms with Gasteiger partial charge in [-0.05, 0) is 18.1 Å². The molecule has 1 heterocycles. The highest BCUT2D eigenvalue weighted by molar-refractivity contribution is 7.09. The van der Waals surface area contributed by atoms with Crippen LogP contribution in [-0.4, -0.2) is 10.9 Å². The maximum absolute atomic E-state index is 12.7. The second-order valence-corrected chi connectivity index (χ2v) is 7.72. The van der Waals surface area contributed by atoms with Crippen molar-refractivity contribution in [2.45, 2.75) is 39.2 Å². The topological polar surface area (TPSA) is 42.0 Å². The zero-order chi connectivity index (χ0) is 18.5. The fraction of sp³-hybridized carbons (Fsp3) is 0.273. The molecule has 4 heteroatoms. The van der Waals surface area contributed by atoms with Crippen molar-refractivity contribution in [2.75, 3.05) is 0 Å². The van der Waals surface area contributed by atoms with Crippen molar-refractivity contribution < 1.29 is 4.79 Å². The molecule has 3 nitrogen and oxygen atoms in total. The molecule has 134 valence electrons. The minimum Gasteiger partial charge on any atom is -0.345 e. The van der Waals surface area contributed by atoms with Crippen LogP contribution in [0.2, 0.25) is 0 Å². The van der Waals surface area contributed by atoms with Crippen molar-refractivity contribution in [2.24, 2.45) is 0 Å². The minimum absolute atomic E-state index is 0.0139. The van der Waals surface area contributed by atoms with Gasteiger partial charge in [-0.1, -0.05) is 74.0 Å². The van der Waals surface area contributed by atoms with Crippen molar-refractivity contribution in [3.63, 3.8) is 0 Å². The summed E-state index contributed by atoms with van der Waals surface area (Å²) in [5.41, 5.74) is 4.20. The number of amides is 1. The molecule has 0 fully saturated rings. The number of thiazole rings is 1. The highest BCUT2D eigenvalue weighted by atomic mass is 32.1. The zero-order valence-electron chi connectivity index (χ0n) is 15.4. The Morgan fingerprint density at radius 2 is 1.69 bits per heavy atom. The molecule has 1 amide bonds. The quantitative estimate of drug-likeness (QED) is 0.667.